The Balaban J connectivity index is 1.73. The van der Waals surface area contributed by atoms with Crippen LogP contribution in [0.2, 0.25) is 5.15 Å². The summed E-state index contributed by atoms with van der Waals surface area (Å²) in [6.45, 7) is 0.595. The number of aromatic nitrogens is 3. The first kappa shape index (κ1) is 11.8. The van der Waals surface area contributed by atoms with Gasteiger partial charge in [-0.3, -0.25) is 9.97 Å². The maximum absolute atomic E-state index is 5.69. The molecular weight excluding hydrogens is 238 g/mol. The number of rotatable bonds is 5. The highest BCUT2D eigenvalue weighted by Crippen LogP contribution is 2.09. The molecule has 0 aliphatic carbocycles. The van der Waals surface area contributed by atoms with Crippen LogP contribution in [0.25, 0.3) is 0 Å². The van der Waals surface area contributed by atoms with Crippen molar-refractivity contribution in [2.45, 2.75) is 12.8 Å². The van der Waals surface area contributed by atoms with Gasteiger partial charge in [0.2, 0.25) is 5.88 Å². The van der Waals surface area contributed by atoms with Gasteiger partial charge < -0.3 is 4.74 Å². The van der Waals surface area contributed by atoms with Crippen molar-refractivity contribution in [2.75, 3.05) is 6.61 Å². The molecule has 0 unspecified atom stereocenters. The van der Waals surface area contributed by atoms with Crippen LogP contribution in [-0.4, -0.2) is 21.6 Å². The number of pyridine rings is 1. The minimum atomic E-state index is 0.344. The lowest BCUT2D eigenvalue weighted by atomic mass is 10.1. The maximum atomic E-state index is 5.69. The summed E-state index contributed by atoms with van der Waals surface area (Å²) in [5.41, 5.74) is 1.25. The van der Waals surface area contributed by atoms with Crippen molar-refractivity contribution in [3.63, 3.8) is 0 Å². The van der Waals surface area contributed by atoms with Crippen LogP contribution in [0.15, 0.2) is 36.9 Å². The normalized spacial score (nSPS) is 10.2. The van der Waals surface area contributed by atoms with Crippen LogP contribution in [0.4, 0.5) is 0 Å². The average Bonchev–Trinajstić information content (AvgIpc) is 2.36. The average molecular weight is 250 g/mol. The van der Waals surface area contributed by atoms with Gasteiger partial charge in [-0.1, -0.05) is 11.6 Å². The lowest BCUT2D eigenvalue weighted by Gasteiger charge is -2.04. The summed E-state index contributed by atoms with van der Waals surface area (Å²) in [7, 11) is 0. The molecule has 0 N–H and O–H groups in total. The van der Waals surface area contributed by atoms with Gasteiger partial charge in [0.15, 0.2) is 5.15 Å². The van der Waals surface area contributed by atoms with Crippen molar-refractivity contribution in [1.29, 1.82) is 0 Å². The fraction of sp³-hybridized carbons (Fsp3) is 0.250. The minimum Gasteiger partial charge on any atom is -0.477 e. The summed E-state index contributed by atoms with van der Waals surface area (Å²) >= 11 is 5.69. The zero-order valence-electron chi connectivity index (χ0n) is 9.21. The lowest BCUT2D eigenvalue weighted by Crippen LogP contribution is -2.01. The fourth-order valence-electron chi connectivity index (χ4n) is 1.40. The van der Waals surface area contributed by atoms with Gasteiger partial charge >= 0.3 is 0 Å². The van der Waals surface area contributed by atoms with Crippen LogP contribution in [0.3, 0.4) is 0 Å². The van der Waals surface area contributed by atoms with Crippen LogP contribution in [-0.2, 0) is 6.42 Å². The van der Waals surface area contributed by atoms with Crippen molar-refractivity contribution in [1.82, 2.24) is 15.0 Å². The zero-order chi connectivity index (χ0) is 11.9. The number of nitrogens with zero attached hydrogens (tertiary/aromatic N) is 3. The predicted octanol–water partition coefficient (Wildman–Crippen LogP) is 2.54. The first-order valence-corrected chi connectivity index (χ1v) is 5.71. The van der Waals surface area contributed by atoms with Gasteiger partial charge in [-0.15, -0.1) is 0 Å². The number of ether oxygens (including phenoxy) is 1. The fourth-order valence-corrected chi connectivity index (χ4v) is 1.54. The Morgan fingerprint density at radius 3 is 2.71 bits per heavy atom. The number of hydrogen-bond acceptors (Lipinski definition) is 4. The highest BCUT2D eigenvalue weighted by Gasteiger charge is 1.98. The zero-order valence-corrected chi connectivity index (χ0v) is 9.97. The van der Waals surface area contributed by atoms with E-state index in [2.05, 4.69) is 15.0 Å². The SMILES string of the molecule is Clc1cncc(OCCCc2ccncc2)n1. The maximum Gasteiger partial charge on any atom is 0.233 e. The van der Waals surface area contributed by atoms with E-state index in [0.717, 1.165) is 12.8 Å². The molecule has 0 bridgehead atoms. The second-order valence-corrected chi connectivity index (χ2v) is 3.87. The van der Waals surface area contributed by atoms with E-state index in [0.29, 0.717) is 17.6 Å². The van der Waals surface area contributed by atoms with E-state index in [9.17, 15) is 0 Å². The topological polar surface area (TPSA) is 47.9 Å². The van der Waals surface area contributed by atoms with E-state index in [4.69, 9.17) is 16.3 Å². The molecular formula is C12H12ClN3O. The Bertz CT molecular complexity index is 464. The molecule has 0 saturated carbocycles. The van der Waals surface area contributed by atoms with Crippen molar-refractivity contribution >= 4 is 11.6 Å². The van der Waals surface area contributed by atoms with Gasteiger partial charge in [-0.2, -0.15) is 4.98 Å². The molecule has 0 spiro atoms. The Hall–Kier alpha value is -1.68. The molecule has 0 saturated heterocycles. The first-order valence-electron chi connectivity index (χ1n) is 5.34. The van der Waals surface area contributed by atoms with Crippen molar-refractivity contribution in [3.05, 3.63) is 47.6 Å². The molecule has 2 aromatic heterocycles. The number of aryl methyl sites for hydroxylation is 1. The van der Waals surface area contributed by atoms with E-state index < -0.39 is 0 Å². The molecule has 2 heterocycles. The van der Waals surface area contributed by atoms with Crippen molar-refractivity contribution in [2.24, 2.45) is 0 Å². The number of hydrogen-bond donors (Lipinski definition) is 0. The summed E-state index contributed by atoms with van der Waals surface area (Å²) in [4.78, 5) is 11.8. The van der Waals surface area contributed by atoms with Gasteiger partial charge in [0.1, 0.15) is 0 Å². The molecule has 0 atom stereocenters. The molecule has 0 aliphatic rings. The summed E-state index contributed by atoms with van der Waals surface area (Å²) in [5.74, 6) is 0.465. The van der Waals surface area contributed by atoms with E-state index >= 15 is 0 Å². The van der Waals surface area contributed by atoms with Crippen LogP contribution in [0.5, 0.6) is 5.88 Å². The van der Waals surface area contributed by atoms with Gasteiger partial charge in [0.25, 0.3) is 0 Å². The molecule has 5 heteroatoms. The molecule has 0 fully saturated rings. The number of halogens is 1. The minimum absolute atomic E-state index is 0.344. The smallest absolute Gasteiger partial charge is 0.233 e. The summed E-state index contributed by atoms with van der Waals surface area (Å²) in [5, 5.41) is 0.344. The molecule has 0 radical (unpaired) electrons. The summed E-state index contributed by atoms with van der Waals surface area (Å²) in [6.07, 6.45) is 8.48. The Morgan fingerprint density at radius 2 is 1.94 bits per heavy atom. The second-order valence-electron chi connectivity index (χ2n) is 3.49. The predicted molar refractivity (Wildman–Crippen MR) is 65.1 cm³/mol. The van der Waals surface area contributed by atoms with E-state index in [1.807, 2.05) is 12.1 Å². The van der Waals surface area contributed by atoms with E-state index in [-0.39, 0.29) is 0 Å². The molecule has 0 aliphatic heterocycles. The van der Waals surface area contributed by atoms with Crippen LogP contribution in [0, 0.1) is 0 Å². The quantitative estimate of drug-likeness (QED) is 0.764. The highest BCUT2D eigenvalue weighted by atomic mass is 35.5. The van der Waals surface area contributed by atoms with Crippen LogP contribution in [0.1, 0.15) is 12.0 Å². The molecule has 88 valence electrons. The van der Waals surface area contributed by atoms with E-state index in [1.54, 1.807) is 18.6 Å². The van der Waals surface area contributed by atoms with Crippen LogP contribution < -0.4 is 4.74 Å². The van der Waals surface area contributed by atoms with Gasteiger partial charge in [0.05, 0.1) is 19.0 Å². The molecule has 0 aromatic carbocycles. The Morgan fingerprint density at radius 1 is 1.12 bits per heavy atom. The molecule has 17 heavy (non-hydrogen) atoms. The van der Waals surface area contributed by atoms with Crippen molar-refractivity contribution < 1.29 is 4.74 Å². The standard InChI is InChI=1S/C12H12ClN3O/c13-11-8-15-9-12(16-11)17-7-1-2-10-3-5-14-6-4-10/h3-6,8-9H,1-2,7H2. The Labute approximate surface area is 105 Å². The molecule has 2 rings (SSSR count). The summed E-state index contributed by atoms with van der Waals surface area (Å²) < 4.78 is 5.43. The van der Waals surface area contributed by atoms with E-state index in [1.165, 1.54) is 11.8 Å². The third-order valence-electron chi connectivity index (χ3n) is 2.19. The first-order chi connectivity index (χ1) is 8.34. The van der Waals surface area contributed by atoms with Gasteiger partial charge in [0, 0.05) is 12.4 Å². The van der Waals surface area contributed by atoms with Crippen molar-refractivity contribution in [3.8, 4) is 5.88 Å². The van der Waals surface area contributed by atoms with Gasteiger partial charge in [-0.25, -0.2) is 0 Å². The lowest BCUT2D eigenvalue weighted by molar-refractivity contribution is 0.298. The van der Waals surface area contributed by atoms with Gasteiger partial charge in [-0.05, 0) is 30.5 Å². The van der Waals surface area contributed by atoms with Crippen LogP contribution >= 0.6 is 11.6 Å². The molecule has 2 aromatic rings. The third kappa shape index (κ3) is 4.00. The second kappa shape index (κ2) is 6.15. The Kier molecular flexibility index (Phi) is 4.27. The molecule has 0 amide bonds. The molecule has 4 nitrogen and oxygen atoms in total. The third-order valence-corrected chi connectivity index (χ3v) is 2.37. The highest BCUT2D eigenvalue weighted by molar-refractivity contribution is 6.29. The monoisotopic (exact) mass is 249 g/mol. The summed E-state index contributed by atoms with van der Waals surface area (Å²) in [6, 6.07) is 4.00. The largest absolute Gasteiger partial charge is 0.477 e.